The van der Waals surface area contributed by atoms with Gasteiger partial charge in [-0.1, -0.05) is 131 Å². The minimum absolute atomic E-state index is 0. The molecule has 0 atom stereocenters. The smallest absolute Gasteiger partial charge is 0.496 e. The summed E-state index contributed by atoms with van der Waals surface area (Å²) in [5.74, 6) is 1.32. The van der Waals surface area contributed by atoms with Crippen LogP contribution in [0.4, 0.5) is 0 Å². The number of fused-ring (bicyclic) bond motifs is 5. The van der Waals surface area contributed by atoms with Crippen LogP contribution in [0.5, 0.6) is 11.5 Å². The van der Waals surface area contributed by atoms with Crippen molar-refractivity contribution in [3.8, 4) is 33.9 Å². The molecule has 3 heterocycles. The Morgan fingerprint density at radius 1 is 0.667 bits per heavy atom. The summed E-state index contributed by atoms with van der Waals surface area (Å²) in [6.07, 6.45) is 3.79. The van der Waals surface area contributed by atoms with Gasteiger partial charge in [0.05, 0.1) is 5.75 Å². The van der Waals surface area contributed by atoms with Gasteiger partial charge < -0.3 is 14.7 Å². The van der Waals surface area contributed by atoms with Crippen LogP contribution in [0.2, 0.25) is 0 Å². The predicted octanol–water partition coefficient (Wildman–Crippen LogP) is 11.3. The molecule has 0 radical (unpaired) electrons. The monoisotopic (exact) mass is 785 g/mol. The van der Waals surface area contributed by atoms with Crippen molar-refractivity contribution in [1.29, 1.82) is 0 Å². The van der Waals surface area contributed by atoms with Gasteiger partial charge in [-0.2, -0.15) is 11.3 Å². The van der Waals surface area contributed by atoms with Crippen molar-refractivity contribution in [3.63, 3.8) is 0 Å². The van der Waals surface area contributed by atoms with Crippen LogP contribution in [0.1, 0.15) is 52.7 Å². The van der Waals surface area contributed by atoms with Gasteiger partial charge in [0.25, 0.3) is 0 Å². The van der Waals surface area contributed by atoms with E-state index in [0.29, 0.717) is 11.5 Å². The number of nitrogens with zero attached hydrogens (tertiary/aromatic N) is 2. The van der Waals surface area contributed by atoms with Gasteiger partial charge in [-0.3, -0.25) is 0 Å². The first-order chi connectivity index (χ1) is 21.1. The van der Waals surface area contributed by atoms with E-state index in [2.05, 4.69) is 133 Å². The van der Waals surface area contributed by atoms with Crippen molar-refractivity contribution in [2.45, 2.75) is 52.4 Å². The van der Waals surface area contributed by atoms with Crippen LogP contribution >= 0.6 is 11.3 Å². The molecule has 226 valence electrons. The molecule has 0 bridgehead atoms. The molecule has 0 amide bonds. The van der Waals surface area contributed by atoms with Gasteiger partial charge in [0.1, 0.15) is 0 Å². The Hall–Kier alpha value is -3.85. The molecule has 5 heteroatoms. The topological polar surface area (TPSA) is 35.0 Å². The maximum absolute atomic E-state index is 6.77. The third-order valence-corrected chi connectivity index (χ3v) is 9.38. The molecule has 3 nitrogen and oxygen atoms in total. The van der Waals surface area contributed by atoms with Crippen molar-refractivity contribution in [1.82, 2.24) is 9.97 Å². The van der Waals surface area contributed by atoms with Gasteiger partial charge in [-0.05, 0) is 50.0 Å². The molecule has 0 saturated heterocycles. The van der Waals surface area contributed by atoms with Crippen LogP contribution in [0.15, 0.2) is 97.3 Å². The van der Waals surface area contributed by atoms with Gasteiger partial charge in [-0.25, -0.2) is 0 Å². The SMILES string of the molecule is CC(C)(C)c1cc(Oc2[c-]c3c4nccc(-c5ccccc5)c4sc3c3ccccc23)[c-]c(-c2cc(C(C)(C)C)ccn2)c1.[Pt+2]. The van der Waals surface area contributed by atoms with Crippen molar-refractivity contribution >= 4 is 42.4 Å². The van der Waals surface area contributed by atoms with Gasteiger partial charge in [0.15, 0.2) is 0 Å². The molecule has 3 aromatic heterocycles. The Kier molecular flexibility index (Phi) is 8.18. The maximum Gasteiger partial charge on any atom is 2.00 e. The average molecular weight is 786 g/mol. The number of hydrogen-bond acceptors (Lipinski definition) is 4. The summed E-state index contributed by atoms with van der Waals surface area (Å²) in [4.78, 5) is 9.59. The first-order valence-corrected chi connectivity index (χ1v) is 15.8. The van der Waals surface area contributed by atoms with Gasteiger partial charge in [-0.15, -0.1) is 22.6 Å². The fourth-order valence-corrected chi connectivity index (χ4v) is 6.89. The molecule has 4 aromatic carbocycles. The standard InChI is InChI=1S/C40H34N2OS.Pt/c1-39(2,3)27-16-18-41-34(23-27)26-20-28(40(4,5)6)22-29(21-26)43-35-24-33-36-38(44-37(33)32-15-11-10-14-31(32)35)30(17-19-42-36)25-12-8-7-9-13-25;/h7-20,22-23H,1-6H3;/q-2;+2. The van der Waals surface area contributed by atoms with Gasteiger partial charge >= 0.3 is 21.1 Å². The fraction of sp³-hybridized carbons (Fsp3) is 0.200. The molecular formula is C40H34N2OPtS. The molecule has 0 N–H and O–H groups in total. The summed E-state index contributed by atoms with van der Waals surface area (Å²) in [5, 5.41) is 3.12. The van der Waals surface area contributed by atoms with Crippen molar-refractivity contribution < 1.29 is 25.8 Å². The van der Waals surface area contributed by atoms with E-state index in [-0.39, 0.29) is 31.9 Å². The largest absolute Gasteiger partial charge is 2.00 e. The number of ether oxygens (including phenoxy) is 1. The number of pyridine rings is 2. The number of rotatable bonds is 4. The van der Waals surface area contributed by atoms with Crippen molar-refractivity contribution in [2.75, 3.05) is 0 Å². The first-order valence-electron chi connectivity index (χ1n) is 15.0. The zero-order chi connectivity index (χ0) is 30.6. The van der Waals surface area contributed by atoms with E-state index >= 15 is 0 Å². The molecule has 0 fully saturated rings. The second kappa shape index (κ2) is 11.8. The molecule has 0 spiro atoms. The third kappa shape index (κ3) is 5.94. The minimum atomic E-state index is -0.0966. The Morgan fingerprint density at radius 3 is 2.09 bits per heavy atom. The summed E-state index contributed by atoms with van der Waals surface area (Å²) in [7, 11) is 0. The molecule has 7 aromatic rings. The summed E-state index contributed by atoms with van der Waals surface area (Å²) in [6.45, 7) is 13.3. The van der Waals surface area contributed by atoms with Crippen LogP contribution in [0.3, 0.4) is 0 Å². The van der Waals surface area contributed by atoms with Gasteiger partial charge in [0.2, 0.25) is 0 Å². The summed E-state index contributed by atoms with van der Waals surface area (Å²) in [6, 6.07) is 36.8. The molecule has 7 rings (SSSR count). The van der Waals surface area contributed by atoms with E-state index < -0.39 is 0 Å². The average Bonchev–Trinajstić information content (AvgIpc) is 3.40. The zero-order valence-corrected chi connectivity index (χ0v) is 29.4. The zero-order valence-electron chi connectivity index (χ0n) is 26.3. The molecule has 45 heavy (non-hydrogen) atoms. The van der Waals surface area contributed by atoms with Crippen LogP contribution in [0, 0.1) is 12.1 Å². The van der Waals surface area contributed by atoms with E-state index in [0.717, 1.165) is 47.9 Å². The molecule has 0 aliphatic carbocycles. The predicted molar refractivity (Wildman–Crippen MR) is 185 cm³/mol. The number of benzene rings is 4. The van der Waals surface area contributed by atoms with E-state index in [1.54, 1.807) is 11.3 Å². The Labute approximate surface area is 283 Å². The normalized spacial score (nSPS) is 12.0. The van der Waals surface area contributed by atoms with E-state index in [9.17, 15) is 0 Å². The van der Waals surface area contributed by atoms with E-state index in [1.165, 1.54) is 16.7 Å². The Bertz CT molecular complexity index is 2170. The van der Waals surface area contributed by atoms with Crippen LogP contribution in [0.25, 0.3) is 53.5 Å². The van der Waals surface area contributed by atoms with Crippen LogP contribution in [-0.4, -0.2) is 9.97 Å². The first kappa shape index (κ1) is 31.1. The Balaban J connectivity index is 0.00000357. The van der Waals surface area contributed by atoms with Crippen molar-refractivity contribution in [2.24, 2.45) is 0 Å². The molecule has 0 unspecified atom stereocenters. The molecular weight excluding hydrogens is 752 g/mol. The van der Waals surface area contributed by atoms with Crippen LogP contribution < -0.4 is 4.74 Å². The van der Waals surface area contributed by atoms with Crippen molar-refractivity contribution in [3.05, 3.63) is 121 Å². The van der Waals surface area contributed by atoms with Crippen LogP contribution in [-0.2, 0) is 31.9 Å². The second-order valence-corrected chi connectivity index (χ2v) is 14.4. The van der Waals surface area contributed by atoms with Gasteiger partial charge in [0, 0.05) is 28.4 Å². The molecule has 0 aliphatic heterocycles. The number of thiophene rings is 1. The minimum Gasteiger partial charge on any atom is -0.496 e. The number of hydrogen-bond donors (Lipinski definition) is 0. The van der Waals surface area contributed by atoms with E-state index in [4.69, 9.17) is 14.7 Å². The second-order valence-electron chi connectivity index (χ2n) is 13.4. The maximum atomic E-state index is 6.77. The third-order valence-electron chi connectivity index (χ3n) is 8.14. The summed E-state index contributed by atoms with van der Waals surface area (Å²) < 4.78 is 9.08. The van der Waals surface area contributed by atoms with E-state index in [1.807, 2.05) is 18.5 Å². The fourth-order valence-electron chi connectivity index (χ4n) is 5.60. The molecule has 0 saturated carbocycles. The summed E-state index contributed by atoms with van der Waals surface area (Å²) >= 11 is 1.77. The quantitative estimate of drug-likeness (QED) is 0.167. The molecule has 0 aliphatic rings. The Morgan fingerprint density at radius 2 is 1.36 bits per heavy atom. The number of aromatic nitrogens is 2. The summed E-state index contributed by atoms with van der Waals surface area (Å²) in [5.41, 5.74) is 7.41.